The van der Waals surface area contributed by atoms with E-state index in [1.165, 1.54) is 17.0 Å². The number of terminal acetylenes is 1. The molecule has 1 amide bonds. The fraction of sp³-hybridized carbons (Fsp3) is 0.357. The lowest BCUT2D eigenvalue weighted by atomic mass is 10.1. The zero-order valence-electron chi connectivity index (χ0n) is 11.4. The number of aryl methyl sites for hydroxylation is 1. The van der Waals surface area contributed by atoms with Crippen molar-refractivity contribution in [3.05, 3.63) is 29.3 Å². The van der Waals surface area contributed by atoms with Gasteiger partial charge in [0, 0.05) is 17.2 Å². The van der Waals surface area contributed by atoms with E-state index in [1.54, 1.807) is 13.0 Å². The van der Waals surface area contributed by atoms with Crippen LogP contribution in [-0.4, -0.2) is 32.3 Å². The molecule has 6 heteroatoms. The second-order valence-corrected chi connectivity index (χ2v) is 6.90. The van der Waals surface area contributed by atoms with Crippen molar-refractivity contribution in [3.8, 4) is 12.3 Å². The first-order chi connectivity index (χ1) is 9.31. The minimum atomic E-state index is -3.99. The molecule has 108 valence electrons. The lowest BCUT2D eigenvalue weighted by Crippen LogP contribution is -2.33. The van der Waals surface area contributed by atoms with Gasteiger partial charge in [0.15, 0.2) is 0 Å². The third-order valence-corrected chi connectivity index (χ3v) is 4.07. The van der Waals surface area contributed by atoms with Gasteiger partial charge in [-0.25, -0.2) is 8.42 Å². The molecule has 0 atom stereocenters. The van der Waals surface area contributed by atoms with Gasteiger partial charge in [0.1, 0.15) is 0 Å². The summed E-state index contributed by atoms with van der Waals surface area (Å²) in [5.74, 6) is 1.98. The topological polar surface area (TPSA) is 54.5 Å². The molecule has 0 bridgehead atoms. The van der Waals surface area contributed by atoms with Crippen LogP contribution < -0.4 is 0 Å². The van der Waals surface area contributed by atoms with Gasteiger partial charge in [-0.05, 0) is 25.5 Å². The molecule has 0 unspecified atom stereocenters. The number of rotatable bonds is 5. The number of hydrogen-bond donors (Lipinski definition) is 0. The number of amides is 1. The van der Waals surface area contributed by atoms with Crippen LogP contribution in [0.4, 0.5) is 0 Å². The van der Waals surface area contributed by atoms with E-state index in [9.17, 15) is 13.2 Å². The van der Waals surface area contributed by atoms with E-state index in [2.05, 4.69) is 5.92 Å². The van der Waals surface area contributed by atoms with E-state index in [0.717, 1.165) is 12.0 Å². The van der Waals surface area contributed by atoms with Crippen LogP contribution in [0, 0.1) is 19.3 Å². The largest absolute Gasteiger partial charge is 0.327 e. The maximum Gasteiger partial charge on any atom is 0.262 e. The SMILES string of the molecule is C#CCN(CCC)C(=O)c1cc(C)ccc1S(=O)(=O)Cl. The molecule has 0 heterocycles. The fourth-order valence-electron chi connectivity index (χ4n) is 1.83. The van der Waals surface area contributed by atoms with Crippen molar-refractivity contribution >= 4 is 25.6 Å². The summed E-state index contributed by atoms with van der Waals surface area (Å²) < 4.78 is 23.1. The molecule has 1 rings (SSSR count). The summed E-state index contributed by atoms with van der Waals surface area (Å²) in [6, 6.07) is 4.44. The highest BCUT2D eigenvalue weighted by Crippen LogP contribution is 2.22. The first-order valence-corrected chi connectivity index (χ1v) is 8.40. The van der Waals surface area contributed by atoms with Crippen molar-refractivity contribution in [2.75, 3.05) is 13.1 Å². The third kappa shape index (κ3) is 3.99. The number of carbonyl (C=O) groups excluding carboxylic acids is 1. The Bertz CT molecular complexity index is 647. The van der Waals surface area contributed by atoms with Crippen LogP contribution >= 0.6 is 10.7 Å². The zero-order chi connectivity index (χ0) is 15.3. The van der Waals surface area contributed by atoms with Crippen molar-refractivity contribution in [1.29, 1.82) is 0 Å². The molecule has 0 spiro atoms. The van der Waals surface area contributed by atoms with E-state index in [-0.39, 0.29) is 17.0 Å². The second-order valence-electron chi connectivity index (χ2n) is 4.37. The Morgan fingerprint density at radius 2 is 2.10 bits per heavy atom. The first-order valence-electron chi connectivity index (χ1n) is 6.09. The number of nitrogens with zero attached hydrogens (tertiary/aromatic N) is 1. The van der Waals surface area contributed by atoms with Crippen molar-refractivity contribution in [3.63, 3.8) is 0 Å². The van der Waals surface area contributed by atoms with Crippen LogP contribution in [0.1, 0.15) is 29.3 Å². The Morgan fingerprint density at radius 3 is 2.60 bits per heavy atom. The molecule has 0 aliphatic rings. The highest BCUT2D eigenvalue weighted by atomic mass is 35.7. The lowest BCUT2D eigenvalue weighted by Gasteiger charge is -2.20. The molecule has 1 aromatic carbocycles. The highest BCUT2D eigenvalue weighted by molar-refractivity contribution is 8.13. The summed E-state index contributed by atoms with van der Waals surface area (Å²) >= 11 is 0. The second kappa shape index (κ2) is 6.78. The van der Waals surface area contributed by atoms with Crippen LogP contribution in [0.25, 0.3) is 0 Å². The van der Waals surface area contributed by atoms with Crippen LogP contribution in [0.3, 0.4) is 0 Å². The van der Waals surface area contributed by atoms with E-state index >= 15 is 0 Å². The average Bonchev–Trinajstić information content (AvgIpc) is 2.36. The Balaban J connectivity index is 3.33. The van der Waals surface area contributed by atoms with Gasteiger partial charge in [0.2, 0.25) is 0 Å². The lowest BCUT2D eigenvalue weighted by molar-refractivity contribution is 0.0773. The molecule has 4 nitrogen and oxygen atoms in total. The smallest absolute Gasteiger partial charge is 0.262 e. The molecule has 0 fully saturated rings. The van der Waals surface area contributed by atoms with Crippen LogP contribution in [0.15, 0.2) is 23.1 Å². The van der Waals surface area contributed by atoms with E-state index in [1.807, 2.05) is 6.92 Å². The van der Waals surface area contributed by atoms with Gasteiger partial charge in [-0.15, -0.1) is 6.42 Å². The molecule has 0 N–H and O–H groups in total. The summed E-state index contributed by atoms with van der Waals surface area (Å²) in [6.07, 6.45) is 5.97. The van der Waals surface area contributed by atoms with Crippen LogP contribution in [0.2, 0.25) is 0 Å². The molecule has 0 aliphatic heterocycles. The van der Waals surface area contributed by atoms with Crippen molar-refractivity contribution in [1.82, 2.24) is 4.90 Å². The van der Waals surface area contributed by atoms with Crippen LogP contribution in [0.5, 0.6) is 0 Å². The van der Waals surface area contributed by atoms with Crippen molar-refractivity contribution < 1.29 is 13.2 Å². The van der Waals surface area contributed by atoms with Gasteiger partial charge in [-0.1, -0.05) is 24.5 Å². The predicted molar refractivity (Wildman–Crippen MR) is 79.2 cm³/mol. The normalized spacial score (nSPS) is 10.9. The Kier molecular flexibility index (Phi) is 5.61. The number of benzene rings is 1. The molecule has 0 radical (unpaired) electrons. The molecule has 0 saturated heterocycles. The monoisotopic (exact) mass is 313 g/mol. The average molecular weight is 314 g/mol. The summed E-state index contributed by atoms with van der Waals surface area (Å²) in [7, 11) is 1.39. The van der Waals surface area contributed by atoms with Gasteiger partial charge < -0.3 is 4.90 Å². The first kappa shape index (κ1) is 16.5. The molecule has 0 saturated carbocycles. The molecular formula is C14H16ClNO3S. The van der Waals surface area contributed by atoms with E-state index in [0.29, 0.717) is 6.54 Å². The molecule has 0 aliphatic carbocycles. The number of carbonyl (C=O) groups is 1. The van der Waals surface area contributed by atoms with Gasteiger partial charge in [0.05, 0.1) is 17.0 Å². The number of halogens is 1. The summed E-state index contributed by atoms with van der Waals surface area (Å²) in [5, 5.41) is 0. The molecular weight excluding hydrogens is 298 g/mol. The summed E-state index contributed by atoms with van der Waals surface area (Å²) in [5.41, 5.74) is 0.832. The van der Waals surface area contributed by atoms with Gasteiger partial charge in [-0.3, -0.25) is 4.79 Å². The minimum Gasteiger partial charge on any atom is -0.327 e. The minimum absolute atomic E-state index is 0.0590. The van der Waals surface area contributed by atoms with Crippen LogP contribution in [-0.2, 0) is 9.05 Å². The van der Waals surface area contributed by atoms with Gasteiger partial charge in [0.25, 0.3) is 15.0 Å². The summed E-state index contributed by atoms with van der Waals surface area (Å²) in [6.45, 7) is 4.26. The maximum atomic E-state index is 12.5. The molecule has 1 aromatic rings. The van der Waals surface area contributed by atoms with Gasteiger partial charge in [-0.2, -0.15) is 0 Å². The quantitative estimate of drug-likeness (QED) is 0.619. The third-order valence-electron chi connectivity index (χ3n) is 2.69. The Hall–Kier alpha value is -1.51. The zero-order valence-corrected chi connectivity index (χ0v) is 13.0. The Morgan fingerprint density at radius 1 is 1.45 bits per heavy atom. The van der Waals surface area contributed by atoms with E-state index < -0.39 is 15.0 Å². The predicted octanol–water partition coefficient (Wildman–Crippen LogP) is 2.41. The summed E-state index contributed by atoms with van der Waals surface area (Å²) in [4.78, 5) is 13.7. The Labute approximate surface area is 124 Å². The standard InChI is InChI=1S/C14H16ClNO3S/c1-4-8-16(9-5-2)14(17)12-10-11(3)6-7-13(12)20(15,18)19/h1,6-7,10H,5,8-9H2,2-3H3. The molecule has 0 aromatic heterocycles. The van der Waals surface area contributed by atoms with Gasteiger partial charge >= 0.3 is 0 Å². The molecule has 20 heavy (non-hydrogen) atoms. The van der Waals surface area contributed by atoms with E-state index in [4.69, 9.17) is 17.1 Å². The fourth-order valence-corrected chi connectivity index (χ4v) is 2.87. The highest BCUT2D eigenvalue weighted by Gasteiger charge is 2.23. The van der Waals surface area contributed by atoms with Crippen molar-refractivity contribution in [2.24, 2.45) is 0 Å². The van der Waals surface area contributed by atoms with Crippen molar-refractivity contribution in [2.45, 2.75) is 25.2 Å². The number of hydrogen-bond acceptors (Lipinski definition) is 3. The maximum absolute atomic E-state index is 12.5.